The van der Waals surface area contributed by atoms with Crippen molar-refractivity contribution in [3.05, 3.63) is 0 Å². The smallest absolute Gasteiger partial charge is 0.410 e. The van der Waals surface area contributed by atoms with E-state index in [1.165, 1.54) is 7.11 Å². The lowest BCUT2D eigenvalue weighted by atomic mass is 9.87. The summed E-state index contributed by atoms with van der Waals surface area (Å²) in [4.78, 5) is 25.6. The van der Waals surface area contributed by atoms with Gasteiger partial charge < -0.3 is 14.4 Å². The summed E-state index contributed by atoms with van der Waals surface area (Å²) in [6.45, 7) is 5.96. The summed E-state index contributed by atoms with van der Waals surface area (Å²) >= 11 is 0. The molecule has 1 saturated heterocycles. The number of likely N-dealkylation sites (tertiary alicyclic amines) is 1. The number of amides is 1. The molecule has 2 rings (SSSR count). The molecule has 0 N–H and O–H groups in total. The van der Waals surface area contributed by atoms with Gasteiger partial charge in [-0.05, 0) is 40.0 Å². The predicted octanol–water partition coefficient (Wildman–Crippen LogP) is 1.95. The molecule has 102 valence electrons. The Balaban J connectivity index is 2.07. The number of piperidine rings is 1. The van der Waals surface area contributed by atoms with Crippen molar-refractivity contribution in [1.82, 2.24) is 4.90 Å². The van der Waals surface area contributed by atoms with Gasteiger partial charge in [0.15, 0.2) is 0 Å². The third kappa shape index (κ3) is 2.18. The second kappa shape index (κ2) is 4.14. The molecule has 1 aliphatic carbocycles. The topological polar surface area (TPSA) is 55.8 Å². The van der Waals surface area contributed by atoms with Crippen LogP contribution in [-0.4, -0.2) is 42.3 Å². The van der Waals surface area contributed by atoms with Crippen LogP contribution in [0.1, 0.15) is 40.0 Å². The maximum atomic E-state index is 12.1. The van der Waals surface area contributed by atoms with E-state index in [-0.39, 0.29) is 18.1 Å². The molecule has 0 aromatic carbocycles. The zero-order valence-electron chi connectivity index (χ0n) is 11.5. The average molecular weight is 255 g/mol. The number of rotatable bonds is 1. The van der Waals surface area contributed by atoms with Gasteiger partial charge in [-0.3, -0.25) is 4.79 Å². The van der Waals surface area contributed by atoms with Crippen LogP contribution < -0.4 is 0 Å². The molecule has 2 fully saturated rings. The molecule has 5 nitrogen and oxygen atoms in total. The zero-order valence-corrected chi connectivity index (χ0v) is 11.5. The maximum absolute atomic E-state index is 12.1. The van der Waals surface area contributed by atoms with E-state index < -0.39 is 11.0 Å². The van der Waals surface area contributed by atoms with Gasteiger partial charge in [0.1, 0.15) is 5.60 Å². The lowest BCUT2D eigenvalue weighted by molar-refractivity contribution is -0.152. The van der Waals surface area contributed by atoms with Crippen LogP contribution in [-0.2, 0) is 14.3 Å². The number of carbonyl (C=O) groups excluding carboxylic acids is 2. The summed E-state index contributed by atoms with van der Waals surface area (Å²) in [6, 6.07) is 0.124. The minimum Gasteiger partial charge on any atom is -0.469 e. The van der Waals surface area contributed by atoms with Crippen LogP contribution in [0.2, 0.25) is 0 Å². The summed E-state index contributed by atoms with van der Waals surface area (Å²) < 4.78 is 10.2. The van der Waals surface area contributed by atoms with E-state index in [1.807, 2.05) is 20.8 Å². The van der Waals surface area contributed by atoms with Crippen LogP contribution in [0.4, 0.5) is 4.79 Å². The minimum atomic E-state index is -0.503. The van der Waals surface area contributed by atoms with Crippen LogP contribution in [0.25, 0.3) is 0 Å². The van der Waals surface area contributed by atoms with Crippen LogP contribution in [0.5, 0.6) is 0 Å². The third-order valence-corrected chi connectivity index (χ3v) is 3.74. The van der Waals surface area contributed by atoms with Crippen LogP contribution >= 0.6 is 0 Å². The molecule has 2 bridgehead atoms. The summed E-state index contributed by atoms with van der Waals surface area (Å²) in [6.07, 6.45) is 2.05. The highest BCUT2D eigenvalue weighted by Gasteiger charge is 2.56. The fraction of sp³-hybridized carbons (Fsp3) is 0.846. The van der Waals surface area contributed by atoms with E-state index >= 15 is 0 Å². The Kier molecular flexibility index (Phi) is 3.03. The molecule has 0 radical (unpaired) electrons. The van der Waals surface area contributed by atoms with Crippen molar-refractivity contribution in [3.63, 3.8) is 0 Å². The standard InChI is InChI=1S/C13H21NO4/c1-12(2,3)18-11(16)14-8-13(10(15)17-4)6-5-9(14)7-13/h9H,5-8H2,1-4H3. The van der Waals surface area contributed by atoms with Gasteiger partial charge in [0, 0.05) is 12.6 Å². The quantitative estimate of drug-likeness (QED) is 0.672. The monoisotopic (exact) mass is 255 g/mol. The first-order chi connectivity index (χ1) is 8.27. The highest BCUT2D eigenvalue weighted by atomic mass is 16.6. The van der Waals surface area contributed by atoms with E-state index in [0.717, 1.165) is 12.8 Å². The van der Waals surface area contributed by atoms with Crippen molar-refractivity contribution in [1.29, 1.82) is 0 Å². The fourth-order valence-electron chi connectivity index (χ4n) is 2.96. The number of esters is 1. The first-order valence-electron chi connectivity index (χ1n) is 6.35. The Hall–Kier alpha value is -1.26. The molecule has 1 aliphatic heterocycles. The Bertz CT molecular complexity index is 374. The van der Waals surface area contributed by atoms with Crippen molar-refractivity contribution < 1.29 is 19.1 Å². The van der Waals surface area contributed by atoms with Crippen LogP contribution in [0.15, 0.2) is 0 Å². The lowest BCUT2D eigenvalue weighted by Crippen LogP contribution is -2.44. The van der Waals surface area contributed by atoms with Crippen molar-refractivity contribution in [2.75, 3.05) is 13.7 Å². The second-order valence-electron chi connectivity index (χ2n) is 6.28. The molecule has 0 aromatic rings. The summed E-state index contributed by atoms with van der Waals surface area (Å²) in [5.74, 6) is -0.198. The summed E-state index contributed by atoms with van der Waals surface area (Å²) in [5, 5.41) is 0. The van der Waals surface area contributed by atoms with Gasteiger partial charge in [0.05, 0.1) is 12.5 Å². The Morgan fingerprint density at radius 3 is 2.56 bits per heavy atom. The molecular weight excluding hydrogens is 234 g/mol. The predicted molar refractivity (Wildman–Crippen MR) is 65.0 cm³/mol. The summed E-state index contributed by atoms with van der Waals surface area (Å²) in [7, 11) is 1.40. The number of hydrogen-bond acceptors (Lipinski definition) is 4. The highest BCUT2D eigenvalue weighted by Crippen LogP contribution is 2.48. The Labute approximate surface area is 107 Å². The molecule has 0 aromatic heterocycles. The fourth-order valence-corrected chi connectivity index (χ4v) is 2.96. The molecule has 5 heteroatoms. The van der Waals surface area contributed by atoms with E-state index in [2.05, 4.69) is 0 Å². The molecule has 1 saturated carbocycles. The molecule has 0 spiro atoms. The average Bonchev–Trinajstić information content (AvgIpc) is 2.84. The molecule has 2 unspecified atom stereocenters. The number of nitrogens with zero attached hydrogens (tertiary/aromatic N) is 1. The molecule has 2 aliphatic rings. The van der Waals surface area contributed by atoms with Crippen LogP contribution in [0.3, 0.4) is 0 Å². The van der Waals surface area contributed by atoms with E-state index in [4.69, 9.17) is 9.47 Å². The number of hydrogen-bond donors (Lipinski definition) is 0. The van der Waals surface area contributed by atoms with E-state index in [9.17, 15) is 9.59 Å². The van der Waals surface area contributed by atoms with Gasteiger partial charge >= 0.3 is 12.1 Å². The van der Waals surface area contributed by atoms with Gasteiger partial charge in [-0.15, -0.1) is 0 Å². The largest absolute Gasteiger partial charge is 0.469 e. The van der Waals surface area contributed by atoms with Crippen LogP contribution in [0, 0.1) is 5.41 Å². The van der Waals surface area contributed by atoms with Gasteiger partial charge in [-0.25, -0.2) is 4.79 Å². The molecular formula is C13H21NO4. The van der Waals surface area contributed by atoms with Gasteiger partial charge in [0.2, 0.25) is 0 Å². The number of methoxy groups -OCH3 is 1. The Morgan fingerprint density at radius 2 is 2.00 bits per heavy atom. The van der Waals surface area contributed by atoms with Crippen molar-refractivity contribution in [2.45, 2.75) is 51.7 Å². The number of fused-ring (bicyclic) bond motifs is 2. The highest BCUT2D eigenvalue weighted by molar-refractivity contribution is 5.80. The van der Waals surface area contributed by atoms with Gasteiger partial charge in [-0.2, -0.15) is 0 Å². The first kappa shape index (κ1) is 13.2. The molecule has 1 heterocycles. The Morgan fingerprint density at radius 1 is 1.33 bits per heavy atom. The maximum Gasteiger partial charge on any atom is 0.410 e. The van der Waals surface area contributed by atoms with Crippen molar-refractivity contribution in [2.24, 2.45) is 5.41 Å². The van der Waals surface area contributed by atoms with Gasteiger partial charge in [0.25, 0.3) is 0 Å². The van der Waals surface area contributed by atoms with Gasteiger partial charge in [-0.1, -0.05) is 0 Å². The van der Waals surface area contributed by atoms with E-state index in [1.54, 1.807) is 4.90 Å². The minimum absolute atomic E-state index is 0.124. The number of ether oxygens (including phenoxy) is 2. The number of carbonyl (C=O) groups is 2. The molecule has 2 atom stereocenters. The molecule has 1 amide bonds. The van der Waals surface area contributed by atoms with Crippen molar-refractivity contribution >= 4 is 12.1 Å². The van der Waals surface area contributed by atoms with E-state index in [0.29, 0.717) is 13.0 Å². The van der Waals surface area contributed by atoms with Crippen molar-refractivity contribution in [3.8, 4) is 0 Å². The lowest BCUT2D eigenvalue weighted by Gasteiger charge is -2.32. The molecule has 18 heavy (non-hydrogen) atoms. The normalized spacial score (nSPS) is 30.4. The third-order valence-electron chi connectivity index (χ3n) is 3.74. The first-order valence-corrected chi connectivity index (χ1v) is 6.35. The second-order valence-corrected chi connectivity index (χ2v) is 6.28. The zero-order chi connectivity index (χ0) is 13.6. The SMILES string of the molecule is COC(=O)C12CCC(C1)N(C(=O)OC(C)(C)C)C2. The summed E-state index contributed by atoms with van der Waals surface area (Å²) in [5.41, 5.74) is -0.992.